The van der Waals surface area contributed by atoms with Crippen molar-refractivity contribution in [3.63, 3.8) is 0 Å². The molecule has 0 radical (unpaired) electrons. The van der Waals surface area contributed by atoms with Crippen LogP contribution in [0.4, 0.5) is 4.39 Å². The average Bonchev–Trinajstić information content (AvgIpc) is 2.30. The number of carbonyl (C=O) groups is 1. The number of halogens is 1. The molecule has 0 N–H and O–H groups in total. The Morgan fingerprint density at radius 2 is 1.47 bits per heavy atom. The van der Waals surface area contributed by atoms with Crippen molar-refractivity contribution in [1.82, 2.24) is 0 Å². The van der Waals surface area contributed by atoms with Crippen molar-refractivity contribution in [2.24, 2.45) is 0 Å². The van der Waals surface area contributed by atoms with Gasteiger partial charge >= 0.3 is 0 Å². The first-order valence-corrected chi connectivity index (χ1v) is 6.29. The summed E-state index contributed by atoms with van der Waals surface area (Å²) in [4.78, 5) is 12.6. The van der Waals surface area contributed by atoms with Gasteiger partial charge in [0.25, 0.3) is 0 Å². The molecule has 1 nitrogen and oxygen atoms in total. The topological polar surface area (TPSA) is 17.1 Å². The molecule has 0 fully saturated rings. The van der Waals surface area contributed by atoms with Gasteiger partial charge in [-0.1, -0.05) is 17.7 Å². The Bertz CT molecular complexity index is 633. The monoisotopic (exact) mass is 256 g/mol. The van der Waals surface area contributed by atoms with E-state index in [-0.39, 0.29) is 11.6 Å². The first-order valence-electron chi connectivity index (χ1n) is 6.29. The lowest BCUT2D eigenvalue weighted by molar-refractivity contribution is 0.103. The highest BCUT2D eigenvalue weighted by atomic mass is 19.1. The summed E-state index contributed by atoms with van der Waals surface area (Å²) in [6, 6.07) is 8.63. The van der Waals surface area contributed by atoms with Crippen molar-refractivity contribution in [3.8, 4) is 0 Å². The third-order valence-electron chi connectivity index (χ3n) is 3.36. The minimum Gasteiger partial charge on any atom is -0.289 e. The predicted molar refractivity (Wildman–Crippen MR) is 75.2 cm³/mol. The van der Waals surface area contributed by atoms with E-state index in [1.807, 2.05) is 32.0 Å². The molecule has 0 atom stereocenters. The molecule has 2 heteroatoms. The van der Waals surface area contributed by atoms with Crippen LogP contribution in [0.1, 0.15) is 38.2 Å². The van der Waals surface area contributed by atoms with Crippen molar-refractivity contribution < 1.29 is 9.18 Å². The summed E-state index contributed by atoms with van der Waals surface area (Å²) in [5.41, 5.74) is 4.66. The predicted octanol–water partition coefficient (Wildman–Crippen LogP) is 4.29. The normalized spacial score (nSPS) is 10.6. The summed E-state index contributed by atoms with van der Waals surface area (Å²) >= 11 is 0. The molecule has 0 aliphatic heterocycles. The van der Waals surface area contributed by atoms with Gasteiger partial charge in [0.2, 0.25) is 0 Å². The number of ketones is 1. The second kappa shape index (κ2) is 4.96. The van der Waals surface area contributed by atoms with E-state index in [1.54, 1.807) is 13.8 Å². The summed E-state index contributed by atoms with van der Waals surface area (Å²) in [5, 5.41) is 0. The zero-order chi connectivity index (χ0) is 14.2. The lowest BCUT2D eigenvalue weighted by Gasteiger charge is -2.11. The van der Waals surface area contributed by atoms with Gasteiger partial charge in [0.1, 0.15) is 5.82 Å². The van der Waals surface area contributed by atoms with Crippen LogP contribution in [0.25, 0.3) is 0 Å². The number of aryl methyl sites for hydroxylation is 4. The molecule has 0 unspecified atom stereocenters. The van der Waals surface area contributed by atoms with Crippen LogP contribution >= 0.6 is 0 Å². The molecule has 0 saturated heterocycles. The van der Waals surface area contributed by atoms with Crippen LogP contribution in [-0.2, 0) is 0 Å². The second-order valence-corrected chi connectivity index (χ2v) is 5.06. The quantitative estimate of drug-likeness (QED) is 0.732. The summed E-state index contributed by atoms with van der Waals surface area (Å²) in [5.74, 6) is -0.330. The smallest absolute Gasteiger partial charge is 0.193 e. The standard InChI is InChI=1S/C17H17FO/c1-10-5-6-11(2)15(7-10)17(19)16-12(3)8-14(18)9-13(16)4/h5-9H,1-4H3. The van der Waals surface area contributed by atoms with E-state index < -0.39 is 0 Å². The fraction of sp³-hybridized carbons (Fsp3) is 0.235. The van der Waals surface area contributed by atoms with Crippen molar-refractivity contribution in [2.75, 3.05) is 0 Å². The lowest BCUT2D eigenvalue weighted by Crippen LogP contribution is -2.09. The van der Waals surface area contributed by atoms with Crippen LogP contribution in [0.3, 0.4) is 0 Å². The molecule has 0 amide bonds. The summed E-state index contributed by atoms with van der Waals surface area (Å²) in [7, 11) is 0. The first kappa shape index (κ1) is 13.5. The Hall–Kier alpha value is -1.96. The number of rotatable bonds is 2. The SMILES string of the molecule is Cc1ccc(C)c(C(=O)c2c(C)cc(F)cc2C)c1. The van der Waals surface area contributed by atoms with Gasteiger partial charge < -0.3 is 0 Å². The van der Waals surface area contributed by atoms with Crippen LogP contribution in [-0.4, -0.2) is 5.78 Å². The average molecular weight is 256 g/mol. The molecule has 98 valence electrons. The zero-order valence-corrected chi connectivity index (χ0v) is 11.7. The van der Waals surface area contributed by atoms with Crippen LogP contribution < -0.4 is 0 Å². The molecular weight excluding hydrogens is 239 g/mol. The van der Waals surface area contributed by atoms with Crippen LogP contribution in [0, 0.1) is 33.5 Å². The van der Waals surface area contributed by atoms with E-state index in [0.717, 1.165) is 11.1 Å². The maximum Gasteiger partial charge on any atom is 0.193 e. The number of hydrogen-bond acceptors (Lipinski definition) is 1. The van der Waals surface area contributed by atoms with Crippen molar-refractivity contribution in [1.29, 1.82) is 0 Å². The Morgan fingerprint density at radius 1 is 0.895 bits per heavy atom. The van der Waals surface area contributed by atoms with Gasteiger partial charge in [0.05, 0.1) is 0 Å². The van der Waals surface area contributed by atoms with E-state index in [0.29, 0.717) is 22.3 Å². The highest BCUT2D eigenvalue weighted by Gasteiger charge is 2.17. The van der Waals surface area contributed by atoms with Crippen LogP contribution in [0.5, 0.6) is 0 Å². The minimum absolute atomic E-state index is 0.0313. The van der Waals surface area contributed by atoms with E-state index in [9.17, 15) is 9.18 Å². The molecule has 0 saturated carbocycles. The number of hydrogen-bond donors (Lipinski definition) is 0. The molecule has 0 heterocycles. The van der Waals surface area contributed by atoms with Gasteiger partial charge in [-0.25, -0.2) is 4.39 Å². The van der Waals surface area contributed by atoms with Crippen molar-refractivity contribution in [2.45, 2.75) is 27.7 Å². The molecule has 0 aliphatic carbocycles. The van der Waals surface area contributed by atoms with Gasteiger partial charge in [-0.2, -0.15) is 0 Å². The Kier molecular flexibility index (Phi) is 3.52. The largest absolute Gasteiger partial charge is 0.289 e. The molecule has 0 aromatic heterocycles. The summed E-state index contributed by atoms with van der Waals surface area (Å²) < 4.78 is 13.3. The molecule has 0 spiro atoms. The molecule has 19 heavy (non-hydrogen) atoms. The molecule has 2 aromatic carbocycles. The van der Waals surface area contributed by atoms with Gasteiger partial charge in [-0.15, -0.1) is 0 Å². The van der Waals surface area contributed by atoms with E-state index in [4.69, 9.17) is 0 Å². The Balaban J connectivity index is 2.59. The fourth-order valence-corrected chi connectivity index (χ4v) is 2.38. The zero-order valence-electron chi connectivity index (χ0n) is 11.7. The maximum absolute atomic E-state index is 13.3. The van der Waals surface area contributed by atoms with Crippen LogP contribution in [0.2, 0.25) is 0 Å². The van der Waals surface area contributed by atoms with Crippen molar-refractivity contribution >= 4 is 5.78 Å². The molecular formula is C17H17FO. The van der Waals surface area contributed by atoms with E-state index in [1.165, 1.54) is 12.1 Å². The molecule has 2 aromatic rings. The Morgan fingerprint density at radius 3 is 2.05 bits per heavy atom. The maximum atomic E-state index is 13.3. The summed E-state index contributed by atoms with van der Waals surface area (Å²) in [6.07, 6.45) is 0. The van der Waals surface area contributed by atoms with E-state index in [2.05, 4.69) is 0 Å². The number of benzene rings is 2. The molecule has 2 rings (SSSR count). The van der Waals surface area contributed by atoms with Gasteiger partial charge in [0.15, 0.2) is 5.78 Å². The minimum atomic E-state index is -0.299. The molecule has 0 aliphatic rings. The van der Waals surface area contributed by atoms with Gasteiger partial charge in [-0.05, 0) is 62.6 Å². The second-order valence-electron chi connectivity index (χ2n) is 5.06. The van der Waals surface area contributed by atoms with Crippen LogP contribution in [0.15, 0.2) is 30.3 Å². The fourth-order valence-electron chi connectivity index (χ4n) is 2.38. The number of carbonyl (C=O) groups excluding carboxylic acids is 1. The van der Waals surface area contributed by atoms with Gasteiger partial charge in [-0.3, -0.25) is 4.79 Å². The third kappa shape index (κ3) is 2.58. The van der Waals surface area contributed by atoms with Crippen molar-refractivity contribution in [3.05, 3.63) is 69.5 Å². The molecule has 0 bridgehead atoms. The van der Waals surface area contributed by atoms with E-state index >= 15 is 0 Å². The highest BCUT2D eigenvalue weighted by Crippen LogP contribution is 2.22. The highest BCUT2D eigenvalue weighted by molar-refractivity contribution is 6.11. The third-order valence-corrected chi connectivity index (χ3v) is 3.36. The Labute approximate surface area is 113 Å². The van der Waals surface area contributed by atoms with Gasteiger partial charge in [0, 0.05) is 11.1 Å². The summed E-state index contributed by atoms with van der Waals surface area (Å²) in [6.45, 7) is 7.42. The lowest BCUT2D eigenvalue weighted by atomic mass is 9.92. The first-order chi connectivity index (χ1) is 8.90.